The molecule has 3 aromatic carbocycles. The van der Waals surface area contributed by atoms with Crippen LogP contribution >= 0.6 is 0 Å². The molecule has 11 heteroatoms. The number of rotatable bonds is 0. The third-order valence-corrected chi connectivity index (χ3v) is 6.74. The Labute approximate surface area is 207 Å². The molecule has 0 bridgehead atoms. The molecule has 0 fully saturated rings. The van der Waals surface area contributed by atoms with E-state index in [1.165, 1.54) is 0 Å². The Hall–Kier alpha value is -1.89. The van der Waals surface area contributed by atoms with Crippen molar-refractivity contribution >= 4 is 171 Å². The summed E-state index contributed by atoms with van der Waals surface area (Å²) in [5.41, 5.74) is 4.56. The molecule has 1 nitrogen and oxygen atoms in total. The first kappa shape index (κ1) is 22.9. The molecule has 20 radical (unpaired) electrons. The maximum Gasteiger partial charge on any atom is 0.115 e. The summed E-state index contributed by atoms with van der Waals surface area (Å²) in [6.07, 6.45) is 0. The maximum absolute atomic E-state index is 6.79. The van der Waals surface area contributed by atoms with E-state index in [0.717, 1.165) is 5.56 Å². The molecule has 0 spiro atoms. The van der Waals surface area contributed by atoms with Gasteiger partial charge in [-0.25, -0.2) is 0 Å². The molecule has 0 saturated heterocycles. The highest BCUT2D eigenvalue weighted by molar-refractivity contribution is 6.71. The molecule has 5 rings (SSSR count). The number of fused-ring (bicyclic) bond motifs is 6. The van der Waals surface area contributed by atoms with E-state index in [0.29, 0.717) is 49.0 Å². The molecule has 0 N–H and O–H groups in total. The topological polar surface area (TPSA) is 4.41 Å². The van der Waals surface area contributed by atoms with Crippen molar-refractivity contribution in [3.63, 3.8) is 0 Å². The summed E-state index contributed by atoms with van der Waals surface area (Å²) >= 11 is 0. The van der Waals surface area contributed by atoms with Crippen molar-refractivity contribution in [2.75, 3.05) is 0 Å². The average molecular weight is 395 g/mol. The summed E-state index contributed by atoms with van der Waals surface area (Å²) < 4.78 is 1.82. The Bertz CT molecular complexity index is 1580. The summed E-state index contributed by atoms with van der Waals surface area (Å²) in [4.78, 5) is 0. The zero-order valence-corrected chi connectivity index (χ0v) is 18.7. The fourth-order valence-corrected chi connectivity index (χ4v) is 5.25. The van der Waals surface area contributed by atoms with E-state index in [1.54, 1.807) is 0 Å². The van der Waals surface area contributed by atoms with Crippen LogP contribution in [0, 0.1) is 0 Å². The Balaban J connectivity index is 2.36. The highest BCUT2D eigenvalue weighted by Crippen LogP contribution is 2.36. The zero-order valence-electron chi connectivity index (χ0n) is 18.7. The van der Waals surface area contributed by atoms with Crippen LogP contribution in [0.25, 0.3) is 38.1 Å². The van der Waals surface area contributed by atoms with Crippen LogP contribution < -0.4 is 54.6 Å². The van der Waals surface area contributed by atoms with E-state index in [-0.39, 0.29) is 43.7 Å². The number of aromatic nitrogens is 1. The van der Waals surface area contributed by atoms with Gasteiger partial charge in [0.05, 0.1) is 5.52 Å². The fraction of sp³-hybridized carbons (Fsp3) is 0.182. The predicted molar refractivity (Wildman–Crippen MR) is 154 cm³/mol. The molecule has 0 aliphatic heterocycles. The van der Waals surface area contributed by atoms with Crippen LogP contribution in [0.15, 0.2) is 0 Å². The number of nitrogens with zero attached hydrogens (tertiary/aromatic N) is 1. The van der Waals surface area contributed by atoms with Crippen molar-refractivity contribution < 1.29 is 0 Å². The Morgan fingerprint density at radius 3 is 1.03 bits per heavy atom. The van der Waals surface area contributed by atoms with Crippen LogP contribution in [0.1, 0.15) is 26.3 Å². The lowest BCUT2D eigenvalue weighted by molar-refractivity contribution is 0.599. The molecule has 0 aliphatic carbocycles. The van der Waals surface area contributed by atoms with Gasteiger partial charge in [-0.3, -0.25) is 0 Å². The van der Waals surface area contributed by atoms with Crippen molar-refractivity contribution in [3.8, 4) is 0 Å². The van der Waals surface area contributed by atoms with Gasteiger partial charge in [0.15, 0.2) is 0 Å². The smallest absolute Gasteiger partial charge is 0.115 e. The van der Waals surface area contributed by atoms with Crippen LogP contribution in [0.2, 0.25) is 0 Å². The Kier molecular flexibility index (Phi) is 4.74. The van der Waals surface area contributed by atoms with Gasteiger partial charge in [0.1, 0.15) is 78.5 Å². The van der Waals surface area contributed by atoms with E-state index in [1.807, 2.05) is 25.2 Å². The lowest BCUT2D eigenvalue weighted by Gasteiger charge is -2.27. The highest BCUT2D eigenvalue weighted by Gasteiger charge is 2.30. The third-order valence-electron chi connectivity index (χ3n) is 6.74. The summed E-state index contributed by atoms with van der Waals surface area (Å²) in [5, 5.41) is 2.42. The van der Waals surface area contributed by atoms with E-state index in [4.69, 9.17) is 78.5 Å². The van der Waals surface area contributed by atoms with Gasteiger partial charge in [0.25, 0.3) is 0 Å². The standard InChI is InChI=1S/C22H9B10N/c1-22(2,3)8-9(23)4-6-11(25)13(27)15(29)17(31)20(6)33-19(4)5(10(8)24)7-12(26)14(28)16(30)18(32)21(7)33/h1-3H3. The largest absolute Gasteiger partial charge is 0.309 e. The molecule has 0 saturated carbocycles. The molecular weight excluding hydrogens is 386 g/mol. The minimum absolute atomic E-state index is 0.159. The molecule has 2 aromatic heterocycles. The molecule has 0 amide bonds. The summed E-state index contributed by atoms with van der Waals surface area (Å²) in [5.74, 6) is 0. The van der Waals surface area contributed by atoms with Crippen LogP contribution in [-0.2, 0) is 5.41 Å². The average Bonchev–Trinajstić information content (AvgIpc) is 3.25. The van der Waals surface area contributed by atoms with Gasteiger partial charge in [0.2, 0.25) is 0 Å². The monoisotopic (exact) mass is 397 g/mol. The van der Waals surface area contributed by atoms with E-state index >= 15 is 0 Å². The van der Waals surface area contributed by atoms with Crippen molar-refractivity contribution in [2.24, 2.45) is 0 Å². The second-order valence-electron chi connectivity index (χ2n) is 9.64. The predicted octanol–water partition coefficient (Wildman–Crippen LogP) is -5.93. The van der Waals surface area contributed by atoms with Gasteiger partial charge >= 0.3 is 0 Å². The first-order valence-corrected chi connectivity index (χ1v) is 10.3. The van der Waals surface area contributed by atoms with E-state index < -0.39 is 5.41 Å². The Morgan fingerprint density at radius 1 is 0.394 bits per heavy atom. The first-order valence-electron chi connectivity index (χ1n) is 10.3. The quantitative estimate of drug-likeness (QED) is 0.230. The van der Waals surface area contributed by atoms with E-state index in [2.05, 4.69) is 0 Å². The van der Waals surface area contributed by atoms with Crippen molar-refractivity contribution in [1.29, 1.82) is 0 Å². The van der Waals surface area contributed by atoms with Gasteiger partial charge in [-0.05, 0) is 16.2 Å². The number of hydrogen-bond acceptors (Lipinski definition) is 0. The fourth-order valence-electron chi connectivity index (χ4n) is 5.25. The van der Waals surface area contributed by atoms with Crippen molar-refractivity contribution in [2.45, 2.75) is 26.2 Å². The van der Waals surface area contributed by atoms with Crippen LogP contribution in [0.3, 0.4) is 0 Å². The summed E-state index contributed by atoms with van der Waals surface area (Å²) in [6.45, 7) is 6.05. The van der Waals surface area contributed by atoms with Crippen molar-refractivity contribution in [3.05, 3.63) is 5.56 Å². The molecular formula is C22H9B10N. The highest BCUT2D eigenvalue weighted by atomic mass is 14.9. The number of benzene rings is 3. The van der Waals surface area contributed by atoms with Gasteiger partial charge < -0.3 is 4.40 Å². The van der Waals surface area contributed by atoms with Gasteiger partial charge in [-0.2, -0.15) is 0 Å². The van der Waals surface area contributed by atoms with Gasteiger partial charge in [-0.15, -0.1) is 21.9 Å². The first-order chi connectivity index (χ1) is 15.2. The minimum atomic E-state index is -0.421. The lowest BCUT2D eigenvalue weighted by Crippen LogP contribution is -2.49. The molecule has 0 unspecified atom stereocenters. The summed E-state index contributed by atoms with van der Waals surface area (Å²) in [6, 6.07) is 0. The summed E-state index contributed by atoms with van der Waals surface area (Å²) in [7, 11) is 64.4. The van der Waals surface area contributed by atoms with Gasteiger partial charge in [-0.1, -0.05) is 59.1 Å². The molecule has 0 aliphatic rings. The molecule has 33 heavy (non-hydrogen) atoms. The maximum atomic E-state index is 6.79. The van der Waals surface area contributed by atoms with Gasteiger partial charge in [0, 0.05) is 21.8 Å². The van der Waals surface area contributed by atoms with E-state index in [9.17, 15) is 0 Å². The second-order valence-corrected chi connectivity index (χ2v) is 9.64. The number of hydrogen-bond donors (Lipinski definition) is 0. The normalized spacial score (nSPS) is 12.7. The van der Waals surface area contributed by atoms with Crippen LogP contribution in [0.4, 0.5) is 0 Å². The SMILES string of the molecule is [B]c1c([B])c([B])c2c(c1[B])c1c([B])c(C(C)(C)C)c([B])c3c4c([B])c([B])c([B])c([B])c4n2c13. The zero-order chi connectivity index (χ0) is 24.5. The third kappa shape index (κ3) is 2.58. The lowest BCUT2D eigenvalue weighted by atomic mass is 9.63. The Morgan fingerprint density at radius 2 is 0.697 bits per heavy atom. The van der Waals surface area contributed by atoms with Crippen LogP contribution in [-0.4, -0.2) is 82.9 Å². The second kappa shape index (κ2) is 6.83. The molecule has 132 valence electrons. The molecule has 2 heterocycles. The molecule has 0 atom stereocenters. The molecule has 5 aromatic rings. The van der Waals surface area contributed by atoms with Crippen molar-refractivity contribution in [1.82, 2.24) is 4.40 Å². The minimum Gasteiger partial charge on any atom is -0.309 e. The van der Waals surface area contributed by atoms with Crippen LogP contribution in [0.5, 0.6) is 0 Å².